The minimum Gasteiger partial charge on any atom is -0.478 e. The van der Waals surface area contributed by atoms with Gasteiger partial charge in [0.1, 0.15) is 0 Å². The quantitative estimate of drug-likeness (QED) is 0.531. The molecule has 0 radical (unpaired) electrons. The van der Waals surface area contributed by atoms with Gasteiger partial charge in [-0.2, -0.15) is 15.2 Å². The summed E-state index contributed by atoms with van der Waals surface area (Å²) in [5.41, 5.74) is 3.78. The fraction of sp³-hybridized carbons (Fsp3) is 0.100. The van der Waals surface area contributed by atoms with Gasteiger partial charge < -0.3 is 5.11 Å². The molecule has 0 saturated heterocycles. The molecule has 4 rings (SSSR count). The topological polar surface area (TPSA) is 106 Å². The molecule has 1 N–H and O–H groups in total. The predicted molar refractivity (Wildman–Crippen MR) is 103 cm³/mol. The average Bonchev–Trinajstić information content (AvgIpc) is 3.12. The fourth-order valence-corrected chi connectivity index (χ4v) is 2.74. The molecule has 0 saturated carbocycles. The lowest BCUT2D eigenvalue weighted by Crippen LogP contribution is -1.98. The third-order valence-electron chi connectivity index (χ3n) is 4.16. The molecule has 28 heavy (non-hydrogen) atoms. The number of aromatic nitrogens is 4. The van der Waals surface area contributed by atoms with Crippen molar-refractivity contribution in [3.8, 4) is 5.69 Å². The monoisotopic (exact) mass is 372 g/mol. The first kappa shape index (κ1) is 17.5. The summed E-state index contributed by atoms with van der Waals surface area (Å²) < 4.78 is 1.74. The van der Waals surface area contributed by atoms with Gasteiger partial charge in [0.25, 0.3) is 5.95 Å². The average molecular weight is 372 g/mol. The van der Waals surface area contributed by atoms with Crippen LogP contribution in [0.4, 0.5) is 5.95 Å². The van der Waals surface area contributed by atoms with E-state index >= 15 is 0 Å². The van der Waals surface area contributed by atoms with E-state index in [1.54, 1.807) is 29.2 Å². The van der Waals surface area contributed by atoms with Gasteiger partial charge in [0.15, 0.2) is 5.65 Å². The maximum Gasteiger partial charge on any atom is 0.335 e. The Hall–Kier alpha value is -3.94. The summed E-state index contributed by atoms with van der Waals surface area (Å²) in [5.74, 6) is -0.718. The Balaban J connectivity index is 1.56. The number of carboxylic acid groups (broad SMARTS) is 1. The fourth-order valence-electron chi connectivity index (χ4n) is 2.74. The van der Waals surface area contributed by atoms with Crippen LogP contribution in [-0.4, -0.2) is 30.8 Å². The minimum absolute atomic E-state index is 0.235. The molecule has 4 aromatic rings. The molecule has 0 spiro atoms. The SMILES string of the molecule is Cc1cccc(-n2ncc3cnc(N=NCc4ccc(C(=O)O)cc4)nc32)c1. The molecule has 0 aliphatic rings. The van der Waals surface area contributed by atoms with Crippen LogP contribution in [0.2, 0.25) is 0 Å². The maximum absolute atomic E-state index is 10.9. The zero-order chi connectivity index (χ0) is 19.5. The number of benzene rings is 2. The molecule has 2 aromatic heterocycles. The van der Waals surface area contributed by atoms with Crippen LogP contribution in [0.25, 0.3) is 16.7 Å². The van der Waals surface area contributed by atoms with E-state index < -0.39 is 5.97 Å². The van der Waals surface area contributed by atoms with Crippen molar-refractivity contribution in [1.82, 2.24) is 19.7 Å². The Morgan fingerprint density at radius 3 is 2.71 bits per heavy atom. The Morgan fingerprint density at radius 1 is 1.14 bits per heavy atom. The normalized spacial score (nSPS) is 11.3. The van der Waals surface area contributed by atoms with E-state index in [0.29, 0.717) is 12.2 Å². The van der Waals surface area contributed by atoms with Crippen molar-refractivity contribution in [2.45, 2.75) is 13.5 Å². The molecule has 0 fully saturated rings. The minimum atomic E-state index is -0.958. The molecule has 8 heteroatoms. The molecular weight excluding hydrogens is 356 g/mol. The lowest BCUT2D eigenvalue weighted by atomic mass is 10.1. The van der Waals surface area contributed by atoms with Gasteiger partial charge in [-0.15, -0.1) is 5.11 Å². The zero-order valence-electron chi connectivity index (χ0n) is 15.0. The second-order valence-corrected chi connectivity index (χ2v) is 6.25. The Kier molecular flexibility index (Phi) is 4.59. The van der Waals surface area contributed by atoms with Gasteiger partial charge in [-0.25, -0.2) is 14.5 Å². The van der Waals surface area contributed by atoms with Crippen LogP contribution in [0.1, 0.15) is 21.5 Å². The first-order valence-corrected chi connectivity index (χ1v) is 8.58. The van der Waals surface area contributed by atoms with Gasteiger partial charge >= 0.3 is 5.97 Å². The van der Waals surface area contributed by atoms with Gasteiger partial charge in [-0.3, -0.25) is 0 Å². The lowest BCUT2D eigenvalue weighted by molar-refractivity contribution is 0.0697. The second-order valence-electron chi connectivity index (χ2n) is 6.25. The molecule has 0 amide bonds. The van der Waals surface area contributed by atoms with Crippen LogP contribution in [0.5, 0.6) is 0 Å². The van der Waals surface area contributed by atoms with Gasteiger partial charge in [-0.1, -0.05) is 24.3 Å². The largest absolute Gasteiger partial charge is 0.478 e. The number of carbonyl (C=O) groups is 1. The van der Waals surface area contributed by atoms with Crippen molar-refractivity contribution in [3.63, 3.8) is 0 Å². The van der Waals surface area contributed by atoms with Crippen LogP contribution < -0.4 is 0 Å². The van der Waals surface area contributed by atoms with Gasteiger partial charge in [-0.05, 0) is 42.3 Å². The highest BCUT2D eigenvalue weighted by Crippen LogP contribution is 2.19. The summed E-state index contributed by atoms with van der Waals surface area (Å²) in [6.45, 7) is 2.32. The molecule has 0 aliphatic heterocycles. The third-order valence-corrected chi connectivity index (χ3v) is 4.16. The molecule has 0 atom stereocenters. The molecule has 0 bridgehead atoms. The van der Waals surface area contributed by atoms with E-state index in [9.17, 15) is 4.79 Å². The van der Waals surface area contributed by atoms with Crippen molar-refractivity contribution in [2.24, 2.45) is 10.2 Å². The Bertz CT molecular complexity index is 1180. The highest BCUT2D eigenvalue weighted by molar-refractivity contribution is 5.87. The number of azo groups is 1. The summed E-state index contributed by atoms with van der Waals surface area (Å²) in [5, 5.41) is 22.3. The van der Waals surface area contributed by atoms with Crippen molar-refractivity contribution in [1.29, 1.82) is 0 Å². The molecule has 2 aromatic carbocycles. The van der Waals surface area contributed by atoms with Crippen molar-refractivity contribution >= 4 is 23.0 Å². The predicted octanol–water partition coefficient (Wildman–Crippen LogP) is 4.11. The number of hydrogen-bond acceptors (Lipinski definition) is 6. The number of hydrogen-bond donors (Lipinski definition) is 1. The van der Waals surface area contributed by atoms with Crippen LogP contribution >= 0.6 is 0 Å². The van der Waals surface area contributed by atoms with E-state index in [2.05, 4.69) is 25.3 Å². The summed E-state index contributed by atoms with van der Waals surface area (Å²) in [7, 11) is 0. The molecule has 0 unspecified atom stereocenters. The van der Waals surface area contributed by atoms with E-state index in [1.165, 1.54) is 12.1 Å². The Labute approximate surface area is 160 Å². The summed E-state index contributed by atoms with van der Waals surface area (Å²) in [4.78, 5) is 19.5. The summed E-state index contributed by atoms with van der Waals surface area (Å²) in [6.07, 6.45) is 3.38. The zero-order valence-corrected chi connectivity index (χ0v) is 15.0. The van der Waals surface area contributed by atoms with Crippen LogP contribution in [0, 0.1) is 6.92 Å². The van der Waals surface area contributed by atoms with E-state index in [1.807, 2.05) is 31.2 Å². The number of fused-ring (bicyclic) bond motifs is 1. The van der Waals surface area contributed by atoms with E-state index in [-0.39, 0.29) is 11.5 Å². The molecule has 138 valence electrons. The van der Waals surface area contributed by atoms with Crippen LogP contribution in [0.3, 0.4) is 0 Å². The van der Waals surface area contributed by atoms with Crippen molar-refractivity contribution in [3.05, 3.63) is 77.6 Å². The Morgan fingerprint density at radius 2 is 1.96 bits per heavy atom. The maximum atomic E-state index is 10.9. The highest BCUT2D eigenvalue weighted by atomic mass is 16.4. The number of aromatic carboxylic acids is 1. The third kappa shape index (κ3) is 3.61. The van der Waals surface area contributed by atoms with Gasteiger partial charge in [0, 0.05) is 6.20 Å². The summed E-state index contributed by atoms with van der Waals surface area (Å²) in [6, 6.07) is 14.5. The van der Waals surface area contributed by atoms with Crippen LogP contribution in [0.15, 0.2) is 71.2 Å². The van der Waals surface area contributed by atoms with Gasteiger partial charge in [0.2, 0.25) is 0 Å². The van der Waals surface area contributed by atoms with E-state index in [0.717, 1.165) is 22.2 Å². The van der Waals surface area contributed by atoms with Crippen molar-refractivity contribution < 1.29 is 9.90 Å². The molecule has 0 aliphatic carbocycles. The first-order valence-electron chi connectivity index (χ1n) is 8.58. The number of aryl methyl sites for hydroxylation is 1. The number of rotatable bonds is 5. The standard InChI is InChI=1S/C20H16N6O2/c1-13-3-2-4-17(9-13)26-18-16(12-23-26)11-21-20(24-18)25-22-10-14-5-7-15(8-6-14)19(27)28/h2-9,11-12H,10H2,1H3,(H,27,28). The second kappa shape index (κ2) is 7.36. The number of nitrogens with zero attached hydrogens (tertiary/aromatic N) is 6. The number of carboxylic acids is 1. The van der Waals surface area contributed by atoms with Crippen LogP contribution in [-0.2, 0) is 6.54 Å². The first-order chi connectivity index (χ1) is 13.6. The highest BCUT2D eigenvalue weighted by Gasteiger charge is 2.08. The molecule has 8 nitrogen and oxygen atoms in total. The van der Waals surface area contributed by atoms with Gasteiger partial charge in [0.05, 0.1) is 29.4 Å². The molecule has 2 heterocycles. The van der Waals surface area contributed by atoms with Crippen molar-refractivity contribution in [2.75, 3.05) is 0 Å². The van der Waals surface area contributed by atoms with E-state index in [4.69, 9.17) is 5.11 Å². The summed E-state index contributed by atoms with van der Waals surface area (Å²) >= 11 is 0. The smallest absolute Gasteiger partial charge is 0.335 e. The lowest BCUT2D eigenvalue weighted by Gasteiger charge is -2.03. The molecular formula is C20H16N6O2.